The lowest BCUT2D eigenvalue weighted by atomic mass is 10.1. The number of amides is 1. The molecule has 7 nitrogen and oxygen atoms in total. The highest BCUT2D eigenvalue weighted by Crippen LogP contribution is 2.37. The second-order valence-electron chi connectivity index (χ2n) is 8.14. The highest BCUT2D eigenvalue weighted by atomic mass is 32.1. The minimum Gasteiger partial charge on any atom is -0.315 e. The van der Waals surface area contributed by atoms with Crippen LogP contribution >= 0.6 is 11.3 Å². The van der Waals surface area contributed by atoms with Gasteiger partial charge in [-0.05, 0) is 56.8 Å². The van der Waals surface area contributed by atoms with Gasteiger partial charge in [-0.15, -0.1) is 11.3 Å². The first-order valence-corrected chi connectivity index (χ1v) is 11.9. The molecule has 1 aromatic carbocycles. The number of thiophene rings is 1. The van der Waals surface area contributed by atoms with Gasteiger partial charge in [-0.3, -0.25) is 14.5 Å². The Kier molecular flexibility index (Phi) is 6.68. The molecule has 1 aliphatic rings. The minimum absolute atomic E-state index is 0.164. The van der Waals surface area contributed by atoms with Crippen molar-refractivity contribution in [2.75, 3.05) is 11.9 Å². The number of aromatic amines is 1. The van der Waals surface area contributed by atoms with Gasteiger partial charge < -0.3 is 10.3 Å². The molecule has 8 heteroatoms. The zero-order valence-corrected chi connectivity index (χ0v) is 19.2. The summed E-state index contributed by atoms with van der Waals surface area (Å²) in [6, 6.07) is 9.07. The first kappa shape index (κ1) is 22.2. The molecule has 1 aliphatic carbocycles. The Labute approximate surface area is 191 Å². The van der Waals surface area contributed by atoms with E-state index in [0.29, 0.717) is 40.4 Å². The molecule has 2 N–H and O–H groups in total. The third-order valence-electron chi connectivity index (χ3n) is 6.12. The van der Waals surface area contributed by atoms with Gasteiger partial charge in [0.15, 0.2) is 0 Å². The lowest BCUT2D eigenvalue weighted by Crippen LogP contribution is -2.42. The topological polar surface area (TPSA) is 102 Å². The van der Waals surface area contributed by atoms with Gasteiger partial charge in [0.05, 0.1) is 29.1 Å². The van der Waals surface area contributed by atoms with Crippen molar-refractivity contribution in [2.45, 2.75) is 58.5 Å². The van der Waals surface area contributed by atoms with Crippen molar-refractivity contribution in [3.8, 4) is 6.07 Å². The van der Waals surface area contributed by atoms with Crippen LogP contribution in [0.2, 0.25) is 0 Å². The number of carbonyl (C=O) groups is 1. The zero-order valence-electron chi connectivity index (χ0n) is 18.4. The predicted molar refractivity (Wildman–Crippen MR) is 127 cm³/mol. The highest BCUT2D eigenvalue weighted by Gasteiger charge is 2.25. The molecule has 1 unspecified atom stereocenters. The molecule has 1 amide bonds. The molecule has 0 radical (unpaired) electrons. The lowest BCUT2D eigenvalue weighted by Gasteiger charge is -2.26. The number of carbonyl (C=O) groups excluding carboxylic acids is 1. The molecule has 3 aromatic rings. The maximum atomic E-state index is 13.1. The van der Waals surface area contributed by atoms with Crippen molar-refractivity contribution in [3.63, 3.8) is 0 Å². The number of rotatable bonds is 6. The first-order valence-electron chi connectivity index (χ1n) is 11.1. The molecule has 0 spiro atoms. The number of aromatic nitrogens is 2. The summed E-state index contributed by atoms with van der Waals surface area (Å²) in [7, 11) is 0. The highest BCUT2D eigenvalue weighted by molar-refractivity contribution is 7.16. The van der Waals surface area contributed by atoms with Crippen LogP contribution in [0.1, 0.15) is 54.9 Å². The van der Waals surface area contributed by atoms with E-state index in [2.05, 4.69) is 21.4 Å². The number of nitrogens with zero attached hydrogens (tertiary/aromatic N) is 3. The number of H-pyrrole nitrogens is 1. The molecule has 4 rings (SSSR count). The van der Waals surface area contributed by atoms with Gasteiger partial charge in [-0.25, -0.2) is 4.98 Å². The number of para-hydroxylation sites is 1. The standard InChI is InChI=1S/C24H27N5O2S/c1-3-29(14-21-26-19-11-8-7-10-17(19)23(31)27-21)15(2)22(30)28-24-18(13-25)16-9-5-4-6-12-20(16)32-24/h7-8,10-11,15H,3-6,9,12,14H2,1-2H3,(H,28,30)(H,26,27,31). The molecule has 32 heavy (non-hydrogen) atoms. The molecule has 2 heterocycles. The molecule has 0 bridgehead atoms. The molecular formula is C24H27N5O2S. The van der Waals surface area contributed by atoms with Crippen LogP contribution in [0.15, 0.2) is 29.1 Å². The van der Waals surface area contributed by atoms with E-state index in [0.717, 1.165) is 31.2 Å². The summed E-state index contributed by atoms with van der Waals surface area (Å²) in [6.45, 7) is 4.76. The second-order valence-corrected chi connectivity index (χ2v) is 9.24. The minimum atomic E-state index is -0.453. The SMILES string of the molecule is CCN(Cc1nc2ccccc2c(=O)[nH]1)C(C)C(=O)Nc1sc2c(c1C#N)CCCCC2. The number of hydrogen-bond donors (Lipinski definition) is 2. The average molecular weight is 450 g/mol. The van der Waals surface area contributed by atoms with Gasteiger partial charge in [0.1, 0.15) is 16.9 Å². The van der Waals surface area contributed by atoms with Crippen LogP contribution in [0, 0.1) is 11.3 Å². The van der Waals surface area contributed by atoms with Gasteiger partial charge in [-0.2, -0.15) is 5.26 Å². The molecule has 166 valence electrons. The summed E-state index contributed by atoms with van der Waals surface area (Å²) in [5.41, 5.74) is 2.19. The largest absolute Gasteiger partial charge is 0.315 e. The molecule has 0 saturated heterocycles. The number of likely N-dealkylation sites (N-methyl/N-ethyl adjacent to an activating group) is 1. The van der Waals surface area contributed by atoms with Crippen LogP contribution in [0.3, 0.4) is 0 Å². The van der Waals surface area contributed by atoms with Crippen molar-refractivity contribution in [2.24, 2.45) is 0 Å². The molecule has 2 aromatic heterocycles. The van der Waals surface area contributed by atoms with E-state index in [1.807, 2.05) is 36.9 Å². The summed E-state index contributed by atoms with van der Waals surface area (Å²) < 4.78 is 0. The number of fused-ring (bicyclic) bond motifs is 2. The van der Waals surface area contributed by atoms with Crippen LogP contribution in [-0.4, -0.2) is 33.4 Å². The number of aryl methyl sites for hydroxylation is 1. The Hall–Kier alpha value is -3.02. The Balaban J connectivity index is 1.52. The number of hydrogen-bond acceptors (Lipinski definition) is 6. The van der Waals surface area contributed by atoms with Crippen LogP contribution in [-0.2, 0) is 24.2 Å². The Morgan fingerprint density at radius 3 is 2.88 bits per heavy atom. The maximum absolute atomic E-state index is 13.1. The molecule has 0 aliphatic heterocycles. The molecule has 1 atom stereocenters. The first-order chi connectivity index (χ1) is 15.5. The Morgan fingerprint density at radius 2 is 2.09 bits per heavy atom. The second kappa shape index (κ2) is 9.63. The van der Waals surface area contributed by atoms with Gasteiger partial charge in [0.25, 0.3) is 5.56 Å². The lowest BCUT2D eigenvalue weighted by molar-refractivity contribution is -0.120. The van der Waals surface area contributed by atoms with Gasteiger partial charge in [-0.1, -0.05) is 25.5 Å². The summed E-state index contributed by atoms with van der Waals surface area (Å²) >= 11 is 1.54. The molecular weight excluding hydrogens is 422 g/mol. The van der Waals surface area contributed by atoms with E-state index in [4.69, 9.17) is 0 Å². The van der Waals surface area contributed by atoms with Gasteiger partial charge >= 0.3 is 0 Å². The summed E-state index contributed by atoms with van der Waals surface area (Å²) in [5, 5.41) is 13.9. The van der Waals surface area contributed by atoms with Gasteiger partial charge in [0.2, 0.25) is 5.91 Å². The molecule has 0 fully saturated rings. The maximum Gasteiger partial charge on any atom is 0.258 e. The normalized spacial score (nSPS) is 14.6. The van der Waals surface area contributed by atoms with E-state index in [-0.39, 0.29) is 11.5 Å². The quantitative estimate of drug-likeness (QED) is 0.555. The average Bonchev–Trinajstić information content (AvgIpc) is 2.95. The van der Waals surface area contributed by atoms with Gasteiger partial charge in [0, 0.05) is 4.88 Å². The van der Waals surface area contributed by atoms with E-state index in [1.54, 1.807) is 6.07 Å². The summed E-state index contributed by atoms with van der Waals surface area (Å²) in [5.74, 6) is 0.360. The number of nitriles is 1. The van der Waals surface area contributed by atoms with Crippen LogP contribution in [0.4, 0.5) is 5.00 Å². The van der Waals surface area contributed by atoms with E-state index in [9.17, 15) is 14.9 Å². The Morgan fingerprint density at radius 1 is 1.31 bits per heavy atom. The van der Waals surface area contributed by atoms with Crippen molar-refractivity contribution in [1.29, 1.82) is 5.26 Å². The van der Waals surface area contributed by atoms with E-state index < -0.39 is 6.04 Å². The fraction of sp³-hybridized carbons (Fsp3) is 0.417. The van der Waals surface area contributed by atoms with Crippen molar-refractivity contribution >= 4 is 33.1 Å². The zero-order chi connectivity index (χ0) is 22.7. The van der Waals surface area contributed by atoms with Crippen LogP contribution in [0.25, 0.3) is 10.9 Å². The number of nitrogens with one attached hydrogen (secondary N) is 2. The molecule has 0 saturated carbocycles. The third kappa shape index (κ3) is 4.45. The van der Waals surface area contributed by atoms with E-state index >= 15 is 0 Å². The fourth-order valence-electron chi connectivity index (χ4n) is 4.26. The monoisotopic (exact) mass is 449 g/mol. The fourth-order valence-corrected chi connectivity index (χ4v) is 5.50. The summed E-state index contributed by atoms with van der Waals surface area (Å²) in [4.78, 5) is 36.0. The van der Waals surface area contributed by atoms with Crippen LogP contribution < -0.4 is 10.9 Å². The van der Waals surface area contributed by atoms with Crippen molar-refractivity contribution in [3.05, 3.63) is 56.4 Å². The smallest absolute Gasteiger partial charge is 0.258 e. The number of benzene rings is 1. The van der Waals surface area contributed by atoms with Crippen molar-refractivity contribution in [1.82, 2.24) is 14.9 Å². The Bertz CT molecular complexity index is 1240. The van der Waals surface area contributed by atoms with Crippen molar-refractivity contribution < 1.29 is 4.79 Å². The van der Waals surface area contributed by atoms with Crippen LogP contribution in [0.5, 0.6) is 0 Å². The predicted octanol–water partition coefficient (Wildman–Crippen LogP) is 3.97. The van der Waals surface area contributed by atoms with E-state index in [1.165, 1.54) is 22.6 Å². The third-order valence-corrected chi connectivity index (χ3v) is 7.33. The summed E-state index contributed by atoms with van der Waals surface area (Å²) in [6.07, 6.45) is 5.28. The number of anilines is 1.